The molecule has 0 aliphatic rings. The molecule has 0 amide bonds. The van der Waals surface area contributed by atoms with Crippen LogP contribution in [0.2, 0.25) is 0 Å². The predicted molar refractivity (Wildman–Crippen MR) is 77.6 cm³/mol. The maximum absolute atomic E-state index is 12.4. The van der Waals surface area contributed by atoms with Crippen molar-refractivity contribution in [3.05, 3.63) is 63.6 Å². The number of nitrogens with one attached hydrogen (secondary N) is 1. The highest BCUT2D eigenvalue weighted by Crippen LogP contribution is 2.24. The molecule has 100 valence electrons. The fraction of sp³-hybridized carbons (Fsp3) is 0.200. The number of anilines is 1. The second-order valence-electron chi connectivity index (χ2n) is 4.38. The van der Waals surface area contributed by atoms with Crippen LogP contribution in [-0.4, -0.2) is 0 Å². The molecule has 0 radical (unpaired) electrons. The summed E-state index contributed by atoms with van der Waals surface area (Å²) in [5, 5.41) is 3.28. The molecule has 2 aromatic carbocycles. The molecular formula is C15H14BrF2N. The minimum absolute atomic E-state index is 0.0560. The Hall–Kier alpha value is -1.42. The number of rotatable bonds is 4. The van der Waals surface area contributed by atoms with E-state index in [-0.39, 0.29) is 5.56 Å². The summed E-state index contributed by atoms with van der Waals surface area (Å²) in [5.74, 6) is 0. The molecule has 0 aromatic heterocycles. The van der Waals surface area contributed by atoms with E-state index >= 15 is 0 Å². The van der Waals surface area contributed by atoms with Crippen LogP contribution in [0.3, 0.4) is 0 Å². The zero-order valence-corrected chi connectivity index (χ0v) is 12.0. The Morgan fingerprint density at radius 1 is 1.11 bits per heavy atom. The number of hydrogen-bond acceptors (Lipinski definition) is 1. The van der Waals surface area contributed by atoms with E-state index < -0.39 is 6.43 Å². The van der Waals surface area contributed by atoms with Crippen LogP contribution in [0, 0.1) is 6.92 Å². The molecule has 2 rings (SSSR count). The molecule has 0 fully saturated rings. The van der Waals surface area contributed by atoms with E-state index in [0.717, 1.165) is 15.7 Å². The molecule has 0 aliphatic carbocycles. The summed E-state index contributed by atoms with van der Waals surface area (Å²) in [7, 11) is 0. The molecule has 0 unspecified atom stereocenters. The lowest BCUT2D eigenvalue weighted by atomic mass is 10.1. The SMILES string of the molecule is Cc1ccc(Br)c(NCc2ccc(C(F)F)cc2)c1. The third-order valence-electron chi connectivity index (χ3n) is 2.84. The van der Waals surface area contributed by atoms with Crippen LogP contribution >= 0.6 is 15.9 Å². The van der Waals surface area contributed by atoms with E-state index in [0.29, 0.717) is 6.54 Å². The van der Waals surface area contributed by atoms with Gasteiger partial charge in [-0.25, -0.2) is 8.78 Å². The van der Waals surface area contributed by atoms with Gasteiger partial charge in [-0.2, -0.15) is 0 Å². The van der Waals surface area contributed by atoms with Gasteiger partial charge >= 0.3 is 0 Å². The van der Waals surface area contributed by atoms with Gasteiger partial charge < -0.3 is 5.32 Å². The average molecular weight is 326 g/mol. The Bertz CT molecular complexity index is 553. The Morgan fingerprint density at radius 2 is 1.79 bits per heavy atom. The van der Waals surface area contributed by atoms with Crippen molar-refractivity contribution in [3.63, 3.8) is 0 Å². The summed E-state index contributed by atoms with van der Waals surface area (Å²) in [5.41, 5.74) is 3.19. The monoisotopic (exact) mass is 325 g/mol. The third-order valence-corrected chi connectivity index (χ3v) is 3.53. The molecule has 0 saturated carbocycles. The maximum Gasteiger partial charge on any atom is 0.263 e. The van der Waals surface area contributed by atoms with Gasteiger partial charge in [-0.15, -0.1) is 0 Å². The largest absolute Gasteiger partial charge is 0.380 e. The zero-order valence-electron chi connectivity index (χ0n) is 10.5. The molecule has 0 spiro atoms. The van der Waals surface area contributed by atoms with E-state index in [2.05, 4.69) is 21.2 Å². The minimum atomic E-state index is -2.41. The van der Waals surface area contributed by atoms with Crippen LogP contribution in [0.25, 0.3) is 0 Å². The summed E-state index contributed by atoms with van der Waals surface area (Å²) < 4.78 is 25.8. The van der Waals surface area contributed by atoms with Gasteiger partial charge in [0.1, 0.15) is 0 Å². The Labute approximate surface area is 119 Å². The quantitative estimate of drug-likeness (QED) is 0.803. The third kappa shape index (κ3) is 3.77. The van der Waals surface area contributed by atoms with Gasteiger partial charge in [-0.3, -0.25) is 0 Å². The summed E-state index contributed by atoms with van der Waals surface area (Å²) in [6.07, 6.45) is -2.41. The van der Waals surface area contributed by atoms with E-state index in [1.807, 2.05) is 25.1 Å². The van der Waals surface area contributed by atoms with E-state index in [4.69, 9.17) is 0 Å². The Morgan fingerprint density at radius 3 is 2.42 bits per heavy atom. The van der Waals surface area contributed by atoms with Crippen molar-refractivity contribution in [2.24, 2.45) is 0 Å². The van der Waals surface area contributed by atoms with Gasteiger partial charge in [0, 0.05) is 22.3 Å². The maximum atomic E-state index is 12.4. The van der Waals surface area contributed by atoms with Crippen molar-refractivity contribution in [2.75, 3.05) is 5.32 Å². The molecule has 4 heteroatoms. The van der Waals surface area contributed by atoms with Gasteiger partial charge in [-0.05, 0) is 46.1 Å². The average Bonchev–Trinajstić information content (AvgIpc) is 2.40. The molecule has 19 heavy (non-hydrogen) atoms. The van der Waals surface area contributed by atoms with Crippen molar-refractivity contribution in [1.82, 2.24) is 0 Å². The number of benzene rings is 2. The molecule has 0 aliphatic heterocycles. The number of halogens is 3. The number of hydrogen-bond donors (Lipinski definition) is 1. The second kappa shape index (κ2) is 6.15. The summed E-state index contributed by atoms with van der Waals surface area (Å²) >= 11 is 3.47. The zero-order chi connectivity index (χ0) is 13.8. The Kier molecular flexibility index (Phi) is 4.53. The van der Waals surface area contributed by atoms with Crippen molar-refractivity contribution in [3.8, 4) is 0 Å². The molecule has 0 saturated heterocycles. The first-order valence-corrected chi connectivity index (χ1v) is 6.72. The van der Waals surface area contributed by atoms with Gasteiger partial charge in [0.15, 0.2) is 0 Å². The summed E-state index contributed by atoms with van der Waals surface area (Å²) in [6.45, 7) is 2.63. The predicted octanol–water partition coefficient (Wildman–Crippen LogP) is 5.31. The molecule has 2 aromatic rings. The van der Waals surface area contributed by atoms with Crippen molar-refractivity contribution >= 4 is 21.6 Å². The fourth-order valence-electron chi connectivity index (χ4n) is 1.75. The van der Waals surface area contributed by atoms with Crippen LogP contribution < -0.4 is 5.32 Å². The van der Waals surface area contributed by atoms with Gasteiger partial charge in [0.25, 0.3) is 6.43 Å². The van der Waals surface area contributed by atoms with Crippen LogP contribution in [0.1, 0.15) is 23.1 Å². The van der Waals surface area contributed by atoms with Crippen LogP contribution in [0.5, 0.6) is 0 Å². The van der Waals surface area contributed by atoms with Crippen molar-refractivity contribution < 1.29 is 8.78 Å². The first kappa shape index (κ1) is 14.0. The van der Waals surface area contributed by atoms with Gasteiger partial charge in [0.05, 0.1) is 0 Å². The van der Waals surface area contributed by atoms with Crippen LogP contribution in [-0.2, 0) is 6.54 Å². The highest BCUT2D eigenvalue weighted by atomic mass is 79.9. The highest BCUT2D eigenvalue weighted by Gasteiger charge is 2.06. The van der Waals surface area contributed by atoms with Crippen LogP contribution in [0.4, 0.5) is 14.5 Å². The normalized spacial score (nSPS) is 10.8. The minimum Gasteiger partial charge on any atom is -0.380 e. The standard InChI is InChI=1S/C15H14BrF2N/c1-10-2-7-13(16)14(8-10)19-9-11-3-5-12(6-4-11)15(17)18/h2-8,15,19H,9H2,1H3. The molecular weight excluding hydrogens is 312 g/mol. The van der Waals surface area contributed by atoms with Crippen molar-refractivity contribution in [1.29, 1.82) is 0 Å². The Balaban J connectivity index is 2.04. The lowest BCUT2D eigenvalue weighted by Crippen LogP contribution is -2.00. The first-order valence-electron chi connectivity index (χ1n) is 5.93. The lowest BCUT2D eigenvalue weighted by Gasteiger charge is -2.10. The summed E-state index contributed by atoms with van der Waals surface area (Å²) in [4.78, 5) is 0. The summed E-state index contributed by atoms with van der Waals surface area (Å²) in [6, 6.07) is 12.4. The van der Waals surface area contributed by atoms with Gasteiger partial charge in [0.2, 0.25) is 0 Å². The van der Waals surface area contributed by atoms with E-state index in [1.54, 1.807) is 12.1 Å². The number of alkyl halides is 2. The number of aryl methyl sites for hydroxylation is 1. The molecule has 0 bridgehead atoms. The van der Waals surface area contributed by atoms with Crippen molar-refractivity contribution in [2.45, 2.75) is 19.9 Å². The molecule has 0 atom stereocenters. The lowest BCUT2D eigenvalue weighted by molar-refractivity contribution is 0.151. The fourth-order valence-corrected chi connectivity index (χ4v) is 2.14. The van der Waals surface area contributed by atoms with Crippen LogP contribution in [0.15, 0.2) is 46.9 Å². The second-order valence-corrected chi connectivity index (χ2v) is 5.23. The molecule has 1 nitrogen and oxygen atoms in total. The topological polar surface area (TPSA) is 12.0 Å². The molecule has 0 heterocycles. The van der Waals surface area contributed by atoms with Gasteiger partial charge in [-0.1, -0.05) is 30.3 Å². The van der Waals surface area contributed by atoms with E-state index in [1.165, 1.54) is 17.7 Å². The first-order chi connectivity index (χ1) is 9.06. The highest BCUT2D eigenvalue weighted by molar-refractivity contribution is 9.10. The molecule has 1 N–H and O–H groups in total. The van der Waals surface area contributed by atoms with E-state index in [9.17, 15) is 8.78 Å². The smallest absolute Gasteiger partial charge is 0.263 e.